The average Bonchev–Trinajstić information content (AvgIpc) is 3.09. The average molecular weight is 395 g/mol. The summed E-state index contributed by atoms with van der Waals surface area (Å²) in [4.78, 5) is 2.43. The molecule has 2 aromatic carbocycles. The van der Waals surface area contributed by atoms with Crippen LogP contribution in [-0.2, 0) is 10.0 Å². The number of benzene rings is 2. The molecule has 6 nitrogen and oxygen atoms in total. The van der Waals surface area contributed by atoms with Crippen molar-refractivity contribution in [2.24, 2.45) is 0 Å². The van der Waals surface area contributed by atoms with Gasteiger partial charge in [-0.25, -0.2) is 8.42 Å². The standard InChI is InChI=1S/C18H19ClN2O4S/c1-13-10-14(19)2-4-16(13)20-6-8-21(9-7-20)26(22,23)15-3-5-17-18(11-15)25-12-24-17/h2-5,10-11H,6-9,12H2,1H3. The fourth-order valence-corrected chi connectivity index (χ4v) is 4.99. The van der Waals surface area contributed by atoms with Crippen molar-refractivity contribution in [3.8, 4) is 11.5 Å². The Morgan fingerprint density at radius 2 is 1.69 bits per heavy atom. The van der Waals surface area contributed by atoms with E-state index in [2.05, 4.69) is 4.90 Å². The number of sulfonamides is 1. The van der Waals surface area contributed by atoms with E-state index < -0.39 is 10.0 Å². The van der Waals surface area contributed by atoms with Crippen molar-refractivity contribution < 1.29 is 17.9 Å². The predicted molar refractivity (Wildman–Crippen MR) is 99.7 cm³/mol. The van der Waals surface area contributed by atoms with Crippen LogP contribution in [0.5, 0.6) is 11.5 Å². The lowest BCUT2D eigenvalue weighted by atomic mass is 10.1. The van der Waals surface area contributed by atoms with Crippen LogP contribution in [0.3, 0.4) is 0 Å². The second kappa shape index (κ2) is 6.64. The van der Waals surface area contributed by atoms with Gasteiger partial charge in [-0.2, -0.15) is 4.31 Å². The number of halogens is 1. The fourth-order valence-electron chi connectivity index (χ4n) is 3.33. The number of aryl methyl sites for hydroxylation is 1. The Bertz CT molecular complexity index is 940. The lowest BCUT2D eigenvalue weighted by Gasteiger charge is -2.36. The highest BCUT2D eigenvalue weighted by Gasteiger charge is 2.30. The number of rotatable bonds is 3. The van der Waals surface area contributed by atoms with Crippen molar-refractivity contribution in [2.75, 3.05) is 37.9 Å². The van der Waals surface area contributed by atoms with Gasteiger partial charge in [-0.3, -0.25) is 0 Å². The zero-order valence-electron chi connectivity index (χ0n) is 14.3. The van der Waals surface area contributed by atoms with E-state index in [0.29, 0.717) is 42.7 Å². The Hall–Kier alpha value is -1.96. The Morgan fingerprint density at radius 3 is 2.42 bits per heavy atom. The van der Waals surface area contributed by atoms with E-state index in [4.69, 9.17) is 21.1 Å². The maximum atomic E-state index is 12.9. The lowest BCUT2D eigenvalue weighted by molar-refractivity contribution is 0.174. The van der Waals surface area contributed by atoms with Crippen LogP contribution >= 0.6 is 11.6 Å². The third-order valence-electron chi connectivity index (χ3n) is 4.72. The molecule has 0 bridgehead atoms. The van der Waals surface area contributed by atoms with Crippen molar-refractivity contribution in [3.05, 3.63) is 47.0 Å². The van der Waals surface area contributed by atoms with Crippen molar-refractivity contribution in [3.63, 3.8) is 0 Å². The van der Waals surface area contributed by atoms with E-state index in [9.17, 15) is 8.42 Å². The molecule has 0 N–H and O–H groups in total. The molecule has 0 aliphatic carbocycles. The molecule has 2 aliphatic rings. The van der Waals surface area contributed by atoms with Gasteiger partial charge in [-0.05, 0) is 42.8 Å². The first-order chi connectivity index (χ1) is 12.4. The number of ether oxygens (including phenoxy) is 2. The first-order valence-electron chi connectivity index (χ1n) is 8.36. The largest absolute Gasteiger partial charge is 0.454 e. The molecular formula is C18H19ClN2O4S. The van der Waals surface area contributed by atoms with Crippen LogP contribution < -0.4 is 14.4 Å². The van der Waals surface area contributed by atoms with Gasteiger partial charge in [0.2, 0.25) is 16.8 Å². The summed E-state index contributed by atoms with van der Waals surface area (Å²) in [5.41, 5.74) is 2.18. The summed E-state index contributed by atoms with van der Waals surface area (Å²) in [5.74, 6) is 1.05. The van der Waals surface area contributed by atoms with Crippen molar-refractivity contribution >= 4 is 27.3 Å². The second-order valence-corrected chi connectivity index (χ2v) is 8.71. The molecule has 4 rings (SSSR count). The Morgan fingerprint density at radius 1 is 0.962 bits per heavy atom. The first-order valence-corrected chi connectivity index (χ1v) is 10.2. The van der Waals surface area contributed by atoms with Gasteiger partial charge in [0.25, 0.3) is 0 Å². The molecule has 0 spiro atoms. The quantitative estimate of drug-likeness (QED) is 0.801. The molecule has 2 aromatic rings. The van der Waals surface area contributed by atoms with Gasteiger partial charge in [0.05, 0.1) is 4.90 Å². The van der Waals surface area contributed by atoms with Crippen molar-refractivity contribution in [2.45, 2.75) is 11.8 Å². The Labute approximate surface area is 157 Å². The van der Waals surface area contributed by atoms with Crippen molar-refractivity contribution in [1.82, 2.24) is 4.31 Å². The zero-order valence-corrected chi connectivity index (χ0v) is 15.9. The van der Waals surface area contributed by atoms with Gasteiger partial charge in [-0.15, -0.1) is 0 Å². The van der Waals surface area contributed by atoms with Crippen LogP contribution in [0.1, 0.15) is 5.56 Å². The maximum absolute atomic E-state index is 12.9. The number of piperazine rings is 1. The third kappa shape index (κ3) is 3.11. The van der Waals surface area contributed by atoms with Crippen LogP contribution in [0.2, 0.25) is 5.02 Å². The minimum absolute atomic E-state index is 0.123. The van der Waals surface area contributed by atoms with Crippen molar-refractivity contribution in [1.29, 1.82) is 0 Å². The molecule has 0 atom stereocenters. The van der Waals surface area contributed by atoms with Gasteiger partial charge in [0, 0.05) is 43.0 Å². The zero-order chi connectivity index (χ0) is 18.3. The smallest absolute Gasteiger partial charge is 0.243 e. The molecule has 26 heavy (non-hydrogen) atoms. The van der Waals surface area contributed by atoms with Crippen LogP contribution in [-0.4, -0.2) is 45.7 Å². The molecule has 0 radical (unpaired) electrons. The van der Waals surface area contributed by atoms with Gasteiger partial charge >= 0.3 is 0 Å². The van der Waals surface area contributed by atoms with E-state index in [-0.39, 0.29) is 11.7 Å². The van der Waals surface area contributed by atoms with Crippen LogP contribution in [0.25, 0.3) is 0 Å². The topological polar surface area (TPSA) is 59.1 Å². The van der Waals surface area contributed by atoms with E-state index in [1.807, 2.05) is 25.1 Å². The number of nitrogens with zero attached hydrogens (tertiary/aromatic N) is 2. The van der Waals surface area contributed by atoms with Gasteiger partial charge in [-0.1, -0.05) is 11.6 Å². The molecule has 0 saturated carbocycles. The van der Waals surface area contributed by atoms with Gasteiger partial charge in [0.15, 0.2) is 11.5 Å². The van der Waals surface area contributed by atoms with Gasteiger partial charge in [0.1, 0.15) is 0 Å². The van der Waals surface area contributed by atoms with Crippen LogP contribution in [0, 0.1) is 6.92 Å². The SMILES string of the molecule is Cc1cc(Cl)ccc1N1CCN(S(=O)(=O)c2ccc3c(c2)OCO3)CC1. The normalized spacial score (nSPS) is 17.5. The highest BCUT2D eigenvalue weighted by atomic mass is 35.5. The minimum atomic E-state index is -3.56. The molecule has 1 saturated heterocycles. The van der Waals surface area contributed by atoms with E-state index in [0.717, 1.165) is 11.3 Å². The Balaban J connectivity index is 1.50. The monoisotopic (exact) mass is 394 g/mol. The molecule has 0 amide bonds. The molecule has 138 valence electrons. The summed E-state index contributed by atoms with van der Waals surface area (Å²) >= 11 is 6.02. The van der Waals surface area contributed by atoms with E-state index in [1.54, 1.807) is 12.1 Å². The fraction of sp³-hybridized carbons (Fsp3) is 0.333. The number of hydrogen-bond acceptors (Lipinski definition) is 5. The summed E-state index contributed by atoms with van der Waals surface area (Å²) in [7, 11) is -3.56. The summed E-state index contributed by atoms with van der Waals surface area (Å²) in [6.45, 7) is 4.26. The molecule has 8 heteroatoms. The third-order valence-corrected chi connectivity index (χ3v) is 6.85. The summed E-state index contributed by atoms with van der Waals surface area (Å²) in [6, 6.07) is 10.5. The predicted octanol–water partition coefficient (Wildman–Crippen LogP) is 2.89. The Kier molecular flexibility index (Phi) is 4.46. The van der Waals surface area contributed by atoms with Crippen LogP contribution in [0.4, 0.5) is 5.69 Å². The molecule has 1 fully saturated rings. The maximum Gasteiger partial charge on any atom is 0.243 e. The summed E-state index contributed by atoms with van der Waals surface area (Å²) < 4.78 is 37.9. The minimum Gasteiger partial charge on any atom is -0.454 e. The highest BCUT2D eigenvalue weighted by Crippen LogP contribution is 2.35. The number of hydrogen-bond donors (Lipinski definition) is 0. The number of fused-ring (bicyclic) bond motifs is 1. The van der Waals surface area contributed by atoms with E-state index in [1.165, 1.54) is 10.4 Å². The number of anilines is 1. The van der Waals surface area contributed by atoms with Crippen LogP contribution in [0.15, 0.2) is 41.3 Å². The molecule has 2 aliphatic heterocycles. The second-order valence-electron chi connectivity index (χ2n) is 6.34. The molecular weight excluding hydrogens is 376 g/mol. The molecule has 2 heterocycles. The lowest BCUT2D eigenvalue weighted by Crippen LogP contribution is -2.48. The van der Waals surface area contributed by atoms with Gasteiger partial charge < -0.3 is 14.4 Å². The van der Waals surface area contributed by atoms with E-state index >= 15 is 0 Å². The highest BCUT2D eigenvalue weighted by molar-refractivity contribution is 7.89. The molecule has 0 aromatic heterocycles. The summed E-state index contributed by atoms with van der Waals surface area (Å²) in [5, 5.41) is 0.704. The summed E-state index contributed by atoms with van der Waals surface area (Å²) in [6.07, 6.45) is 0. The first kappa shape index (κ1) is 17.5. The molecule has 0 unspecified atom stereocenters.